The van der Waals surface area contributed by atoms with Gasteiger partial charge in [0.15, 0.2) is 0 Å². The Hall–Kier alpha value is -0.220. The Morgan fingerprint density at radius 3 is 2.00 bits per heavy atom. The van der Waals surface area contributed by atoms with Crippen LogP contribution in [-0.4, -0.2) is 82.1 Å². The number of nitrogens with zero attached hydrogens (tertiary/aromatic N) is 2. The van der Waals surface area contributed by atoms with Crippen LogP contribution in [0.15, 0.2) is 0 Å². The molecule has 0 radical (unpaired) electrons. The molecule has 2 fully saturated rings. The monoisotopic (exact) mass is 325 g/mol. The molecule has 0 aromatic heterocycles. The van der Waals surface area contributed by atoms with Gasteiger partial charge in [0.25, 0.3) is 0 Å². The average Bonchev–Trinajstić information content (AvgIpc) is 2.39. The number of hydrogen-bond donors (Lipinski definition) is 1. The fourth-order valence-corrected chi connectivity index (χ4v) is 5.47. The normalized spacial score (nSPS) is 28.3. The van der Waals surface area contributed by atoms with E-state index in [0.29, 0.717) is 45.6 Å². The van der Waals surface area contributed by atoms with Crippen molar-refractivity contribution in [2.75, 3.05) is 50.5 Å². The minimum absolute atomic E-state index is 0.177. The van der Waals surface area contributed by atoms with Crippen LogP contribution in [0.1, 0.15) is 12.8 Å². The Bertz CT molecular complexity index is 536. The molecule has 9 heteroatoms. The third-order valence-corrected chi connectivity index (χ3v) is 7.47. The lowest BCUT2D eigenvalue weighted by Gasteiger charge is -2.48. The van der Waals surface area contributed by atoms with Crippen molar-refractivity contribution in [3.63, 3.8) is 0 Å². The highest BCUT2D eigenvalue weighted by atomic mass is 32.2. The zero-order chi connectivity index (χ0) is 15.0. The van der Waals surface area contributed by atoms with E-state index < -0.39 is 19.9 Å². The van der Waals surface area contributed by atoms with Crippen LogP contribution in [0.25, 0.3) is 0 Å². The molecule has 0 unspecified atom stereocenters. The molecule has 2 rings (SSSR count). The van der Waals surface area contributed by atoms with Gasteiger partial charge in [-0.05, 0) is 12.8 Å². The molecule has 0 aromatic carbocycles. The molecular formula is C11H23N3O4S2. The quantitative estimate of drug-likeness (QED) is 0.675. The molecule has 118 valence electrons. The number of nitrogens with two attached hydrogens (primary N) is 1. The van der Waals surface area contributed by atoms with E-state index in [2.05, 4.69) is 4.90 Å². The second-order valence-electron chi connectivity index (χ2n) is 5.73. The molecule has 2 aliphatic heterocycles. The van der Waals surface area contributed by atoms with E-state index in [4.69, 9.17) is 5.73 Å². The van der Waals surface area contributed by atoms with Crippen LogP contribution in [0.2, 0.25) is 0 Å². The van der Waals surface area contributed by atoms with Crippen molar-refractivity contribution in [3.8, 4) is 0 Å². The molecule has 0 amide bonds. The Balaban J connectivity index is 2.05. The molecule has 0 atom stereocenters. The maximum absolute atomic E-state index is 11.6. The third kappa shape index (κ3) is 3.33. The van der Waals surface area contributed by atoms with Gasteiger partial charge in [-0.3, -0.25) is 4.90 Å². The van der Waals surface area contributed by atoms with E-state index in [1.54, 1.807) is 0 Å². The van der Waals surface area contributed by atoms with Crippen LogP contribution in [-0.2, 0) is 19.9 Å². The molecule has 0 aromatic rings. The standard InChI is InChI=1S/C11H23N3O4S2/c1-19(15,16)14-6-4-13(5-7-14)11(10-12)2-8-20(17,18)9-3-11/h2-10,12H2,1H3. The van der Waals surface area contributed by atoms with Crippen molar-refractivity contribution >= 4 is 19.9 Å². The summed E-state index contributed by atoms with van der Waals surface area (Å²) in [5.74, 6) is 0.354. The van der Waals surface area contributed by atoms with E-state index in [0.717, 1.165) is 0 Å². The summed E-state index contributed by atoms with van der Waals surface area (Å²) in [5.41, 5.74) is 5.63. The van der Waals surface area contributed by atoms with Crippen LogP contribution in [0.3, 0.4) is 0 Å². The molecule has 2 N–H and O–H groups in total. The first-order valence-electron chi connectivity index (χ1n) is 6.79. The summed E-state index contributed by atoms with van der Waals surface area (Å²) < 4.78 is 47.6. The van der Waals surface area contributed by atoms with Gasteiger partial charge in [0.1, 0.15) is 9.84 Å². The summed E-state index contributed by atoms with van der Waals surface area (Å²) in [5, 5.41) is 0. The summed E-state index contributed by atoms with van der Waals surface area (Å²) in [7, 11) is -6.07. The first-order chi connectivity index (χ1) is 9.19. The Morgan fingerprint density at radius 2 is 1.60 bits per heavy atom. The van der Waals surface area contributed by atoms with Crippen molar-refractivity contribution in [2.24, 2.45) is 5.73 Å². The second kappa shape index (κ2) is 5.53. The predicted octanol–water partition coefficient (Wildman–Crippen LogP) is -1.53. The number of sulfonamides is 1. The van der Waals surface area contributed by atoms with Crippen molar-refractivity contribution in [3.05, 3.63) is 0 Å². The molecule has 20 heavy (non-hydrogen) atoms. The summed E-state index contributed by atoms with van der Waals surface area (Å²) in [6.07, 6.45) is 2.31. The molecular weight excluding hydrogens is 302 g/mol. The molecule has 2 aliphatic rings. The number of sulfone groups is 1. The van der Waals surface area contributed by atoms with Crippen molar-refractivity contribution < 1.29 is 16.8 Å². The van der Waals surface area contributed by atoms with Gasteiger partial charge in [-0.25, -0.2) is 16.8 Å². The van der Waals surface area contributed by atoms with Crippen molar-refractivity contribution in [1.82, 2.24) is 9.21 Å². The lowest BCUT2D eigenvalue weighted by Crippen LogP contribution is -2.63. The Kier molecular flexibility index (Phi) is 4.46. The molecule has 2 heterocycles. The van der Waals surface area contributed by atoms with Crippen LogP contribution >= 0.6 is 0 Å². The number of rotatable bonds is 3. The predicted molar refractivity (Wildman–Crippen MR) is 77.7 cm³/mol. The van der Waals surface area contributed by atoms with Crippen LogP contribution in [0, 0.1) is 0 Å². The Morgan fingerprint density at radius 1 is 1.10 bits per heavy atom. The smallest absolute Gasteiger partial charge is 0.211 e. The minimum atomic E-state index is -3.15. The second-order valence-corrected chi connectivity index (χ2v) is 10.0. The van der Waals surface area contributed by atoms with E-state index in [-0.39, 0.29) is 17.0 Å². The van der Waals surface area contributed by atoms with E-state index in [9.17, 15) is 16.8 Å². The van der Waals surface area contributed by atoms with Crippen molar-refractivity contribution in [2.45, 2.75) is 18.4 Å². The topological polar surface area (TPSA) is 101 Å². The van der Waals surface area contributed by atoms with Crippen LogP contribution in [0.4, 0.5) is 0 Å². The van der Waals surface area contributed by atoms with Crippen molar-refractivity contribution in [1.29, 1.82) is 0 Å². The molecule has 0 bridgehead atoms. The summed E-state index contributed by atoms with van der Waals surface area (Å²) in [6, 6.07) is 0. The van der Waals surface area contributed by atoms with E-state index >= 15 is 0 Å². The zero-order valence-electron chi connectivity index (χ0n) is 11.8. The van der Waals surface area contributed by atoms with Gasteiger partial charge >= 0.3 is 0 Å². The molecule has 0 saturated carbocycles. The summed E-state index contributed by atoms with van der Waals surface area (Å²) in [4.78, 5) is 2.18. The molecule has 7 nitrogen and oxygen atoms in total. The van der Waals surface area contributed by atoms with Gasteiger partial charge < -0.3 is 5.73 Å². The zero-order valence-corrected chi connectivity index (χ0v) is 13.4. The lowest BCUT2D eigenvalue weighted by molar-refractivity contribution is 0.0510. The molecule has 0 aliphatic carbocycles. The fourth-order valence-electron chi connectivity index (χ4n) is 3.06. The summed E-state index contributed by atoms with van der Waals surface area (Å²) in [6.45, 7) is 2.55. The van der Waals surface area contributed by atoms with Gasteiger partial charge in [-0.15, -0.1) is 0 Å². The van der Waals surface area contributed by atoms with E-state index in [1.807, 2.05) is 0 Å². The number of piperazine rings is 1. The molecule has 2 saturated heterocycles. The first kappa shape index (κ1) is 16.2. The maximum atomic E-state index is 11.6. The van der Waals surface area contributed by atoms with Crippen LogP contribution in [0.5, 0.6) is 0 Å². The van der Waals surface area contributed by atoms with Gasteiger partial charge in [0.2, 0.25) is 10.0 Å². The van der Waals surface area contributed by atoms with Gasteiger partial charge in [-0.2, -0.15) is 4.31 Å². The Labute approximate surface area is 121 Å². The highest BCUT2D eigenvalue weighted by Gasteiger charge is 2.42. The number of hydrogen-bond acceptors (Lipinski definition) is 6. The summed E-state index contributed by atoms with van der Waals surface area (Å²) >= 11 is 0. The first-order valence-corrected chi connectivity index (χ1v) is 10.5. The fraction of sp³-hybridized carbons (Fsp3) is 1.00. The van der Waals surface area contributed by atoms with E-state index in [1.165, 1.54) is 10.6 Å². The SMILES string of the molecule is CS(=O)(=O)N1CCN(C2(CN)CCS(=O)(=O)CC2)CC1. The largest absolute Gasteiger partial charge is 0.329 e. The molecule has 0 spiro atoms. The highest BCUT2D eigenvalue weighted by molar-refractivity contribution is 7.91. The average molecular weight is 325 g/mol. The highest BCUT2D eigenvalue weighted by Crippen LogP contribution is 2.30. The van der Waals surface area contributed by atoms with Gasteiger partial charge in [-0.1, -0.05) is 0 Å². The minimum Gasteiger partial charge on any atom is -0.329 e. The van der Waals surface area contributed by atoms with Crippen LogP contribution < -0.4 is 5.73 Å². The van der Waals surface area contributed by atoms with Gasteiger partial charge in [0, 0.05) is 38.3 Å². The lowest BCUT2D eigenvalue weighted by atomic mass is 9.89. The van der Waals surface area contributed by atoms with Gasteiger partial charge in [0.05, 0.1) is 17.8 Å². The maximum Gasteiger partial charge on any atom is 0.211 e. The third-order valence-electron chi connectivity index (χ3n) is 4.52.